The molecule has 0 aliphatic carbocycles. The maximum absolute atomic E-state index is 12.9. The highest BCUT2D eigenvalue weighted by molar-refractivity contribution is 5.95. The van der Waals surface area contributed by atoms with E-state index in [4.69, 9.17) is 9.15 Å². The standard InChI is InChI=1S/C25H24N4O7/c30-22(28-14-12-27(13-15-28)19-8-10-20(11-9-19)29(33)34)17-36-25(32)23(18-5-2-1-3-6-18)26-24(31)21-7-4-16-35-21/h1-11,16,23H,12-15,17H2,(H,26,31). The number of hydrogen-bond acceptors (Lipinski definition) is 8. The predicted molar refractivity (Wildman–Crippen MR) is 128 cm³/mol. The van der Waals surface area contributed by atoms with Gasteiger partial charge in [-0.2, -0.15) is 0 Å². The summed E-state index contributed by atoms with van der Waals surface area (Å²) in [5.41, 5.74) is 1.35. The molecule has 2 heterocycles. The van der Waals surface area contributed by atoms with Crippen LogP contribution in [0.25, 0.3) is 0 Å². The van der Waals surface area contributed by atoms with Gasteiger partial charge in [-0.25, -0.2) is 4.79 Å². The summed E-state index contributed by atoms with van der Waals surface area (Å²) in [5.74, 6) is -1.65. The number of nitrogens with one attached hydrogen (secondary N) is 1. The van der Waals surface area contributed by atoms with Gasteiger partial charge in [-0.3, -0.25) is 19.7 Å². The quantitative estimate of drug-likeness (QED) is 0.288. The Kier molecular flexibility index (Phi) is 7.59. The summed E-state index contributed by atoms with van der Waals surface area (Å²) in [5, 5.41) is 13.4. The van der Waals surface area contributed by atoms with Crippen LogP contribution in [-0.4, -0.2) is 60.4 Å². The normalized spacial score (nSPS) is 14.1. The molecule has 1 N–H and O–H groups in total. The molecule has 11 heteroatoms. The number of amides is 2. The molecule has 4 rings (SSSR count). The fourth-order valence-electron chi connectivity index (χ4n) is 3.84. The molecule has 1 aromatic heterocycles. The third-order valence-electron chi connectivity index (χ3n) is 5.78. The summed E-state index contributed by atoms with van der Waals surface area (Å²) in [4.78, 5) is 52.0. The van der Waals surface area contributed by atoms with Crippen LogP contribution in [0.2, 0.25) is 0 Å². The number of benzene rings is 2. The zero-order valence-corrected chi connectivity index (χ0v) is 19.2. The number of anilines is 1. The van der Waals surface area contributed by atoms with Crippen molar-refractivity contribution in [2.45, 2.75) is 6.04 Å². The third kappa shape index (κ3) is 5.87. The smallest absolute Gasteiger partial charge is 0.333 e. The van der Waals surface area contributed by atoms with Crippen molar-refractivity contribution in [1.29, 1.82) is 0 Å². The fourth-order valence-corrected chi connectivity index (χ4v) is 3.84. The van der Waals surface area contributed by atoms with Crippen molar-refractivity contribution in [3.05, 3.63) is 94.4 Å². The molecule has 0 saturated carbocycles. The molecular weight excluding hydrogens is 468 g/mol. The topological polar surface area (TPSA) is 135 Å². The summed E-state index contributed by atoms with van der Waals surface area (Å²) in [6.45, 7) is 1.42. The second-order valence-corrected chi connectivity index (χ2v) is 8.04. The minimum Gasteiger partial charge on any atom is -0.459 e. The first-order chi connectivity index (χ1) is 17.4. The molecule has 186 valence electrons. The first-order valence-corrected chi connectivity index (χ1v) is 11.3. The number of rotatable bonds is 8. The zero-order chi connectivity index (χ0) is 25.5. The summed E-state index contributed by atoms with van der Waals surface area (Å²) in [6.07, 6.45) is 1.35. The van der Waals surface area contributed by atoms with Crippen molar-refractivity contribution in [3.8, 4) is 0 Å². The maximum Gasteiger partial charge on any atom is 0.333 e. The van der Waals surface area contributed by atoms with Crippen LogP contribution in [0.4, 0.5) is 11.4 Å². The van der Waals surface area contributed by atoms with Crippen molar-refractivity contribution >= 4 is 29.2 Å². The molecule has 1 aliphatic rings. The Balaban J connectivity index is 1.31. The van der Waals surface area contributed by atoms with Crippen LogP contribution in [0.5, 0.6) is 0 Å². The number of nitro benzene ring substituents is 1. The Hall–Kier alpha value is -4.67. The number of ether oxygens (including phenoxy) is 1. The number of piperazine rings is 1. The van der Waals surface area contributed by atoms with Crippen molar-refractivity contribution in [2.24, 2.45) is 0 Å². The lowest BCUT2D eigenvalue weighted by Gasteiger charge is -2.36. The van der Waals surface area contributed by atoms with Crippen molar-refractivity contribution in [3.63, 3.8) is 0 Å². The van der Waals surface area contributed by atoms with Gasteiger partial charge < -0.3 is 24.3 Å². The first-order valence-electron chi connectivity index (χ1n) is 11.3. The van der Waals surface area contributed by atoms with Crippen LogP contribution in [0.15, 0.2) is 77.4 Å². The highest BCUT2D eigenvalue weighted by atomic mass is 16.6. The molecule has 0 spiro atoms. The molecule has 1 atom stereocenters. The summed E-state index contributed by atoms with van der Waals surface area (Å²) in [6, 6.07) is 16.7. The highest BCUT2D eigenvalue weighted by Gasteiger charge is 2.28. The van der Waals surface area contributed by atoms with E-state index in [1.54, 1.807) is 53.4 Å². The van der Waals surface area contributed by atoms with E-state index in [2.05, 4.69) is 5.32 Å². The van der Waals surface area contributed by atoms with E-state index in [1.165, 1.54) is 24.5 Å². The lowest BCUT2D eigenvalue weighted by molar-refractivity contribution is -0.384. The monoisotopic (exact) mass is 492 g/mol. The molecule has 0 bridgehead atoms. The zero-order valence-electron chi connectivity index (χ0n) is 19.2. The van der Waals surface area contributed by atoms with E-state index in [-0.39, 0.29) is 17.4 Å². The lowest BCUT2D eigenvalue weighted by Crippen LogP contribution is -2.50. The number of carbonyl (C=O) groups is 3. The minimum atomic E-state index is -1.12. The molecule has 1 fully saturated rings. The predicted octanol–water partition coefficient (Wildman–Crippen LogP) is 2.55. The molecular formula is C25H24N4O7. The van der Waals surface area contributed by atoms with Gasteiger partial charge in [0.25, 0.3) is 17.5 Å². The van der Waals surface area contributed by atoms with E-state index in [0.29, 0.717) is 31.7 Å². The number of hydrogen-bond donors (Lipinski definition) is 1. The molecule has 1 aliphatic heterocycles. The Morgan fingerprint density at radius 2 is 1.67 bits per heavy atom. The van der Waals surface area contributed by atoms with Crippen LogP contribution in [0.1, 0.15) is 22.2 Å². The number of nitro groups is 1. The van der Waals surface area contributed by atoms with Gasteiger partial charge in [0.05, 0.1) is 11.2 Å². The van der Waals surface area contributed by atoms with E-state index in [9.17, 15) is 24.5 Å². The molecule has 11 nitrogen and oxygen atoms in total. The van der Waals surface area contributed by atoms with Gasteiger partial charge in [-0.15, -0.1) is 0 Å². The second-order valence-electron chi connectivity index (χ2n) is 8.04. The molecule has 36 heavy (non-hydrogen) atoms. The fraction of sp³-hybridized carbons (Fsp3) is 0.240. The highest BCUT2D eigenvalue weighted by Crippen LogP contribution is 2.21. The van der Waals surface area contributed by atoms with Crippen LogP contribution in [0, 0.1) is 10.1 Å². The molecule has 2 amide bonds. The Morgan fingerprint density at radius 3 is 2.28 bits per heavy atom. The molecule has 0 radical (unpaired) electrons. The third-order valence-corrected chi connectivity index (χ3v) is 5.78. The molecule has 3 aromatic rings. The molecule has 1 saturated heterocycles. The summed E-state index contributed by atoms with van der Waals surface area (Å²) >= 11 is 0. The lowest BCUT2D eigenvalue weighted by atomic mass is 10.1. The van der Waals surface area contributed by atoms with E-state index < -0.39 is 29.4 Å². The largest absolute Gasteiger partial charge is 0.459 e. The average Bonchev–Trinajstić information content (AvgIpc) is 3.46. The number of nitrogens with zero attached hydrogens (tertiary/aromatic N) is 3. The molecule has 2 aromatic carbocycles. The van der Waals surface area contributed by atoms with Crippen molar-refractivity contribution in [1.82, 2.24) is 10.2 Å². The Bertz CT molecular complexity index is 1200. The van der Waals surface area contributed by atoms with E-state index >= 15 is 0 Å². The van der Waals surface area contributed by atoms with Crippen LogP contribution in [0.3, 0.4) is 0 Å². The van der Waals surface area contributed by atoms with Gasteiger partial charge in [0, 0.05) is 44.0 Å². The number of furan rings is 1. The van der Waals surface area contributed by atoms with Crippen molar-refractivity contribution < 1.29 is 28.5 Å². The van der Waals surface area contributed by atoms with Crippen LogP contribution < -0.4 is 10.2 Å². The second kappa shape index (κ2) is 11.2. The first kappa shape index (κ1) is 24.5. The van der Waals surface area contributed by atoms with Gasteiger partial charge in [0.1, 0.15) is 0 Å². The van der Waals surface area contributed by atoms with E-state index in [1.807, 2.05) is 4.90 Å². The van der Waals surface area contributed by atoms with Gasteiger partial charge in [0.2, 0.25) is 0 Å². The van der Waals surface area contributed by atoms with Crippen molar-refractivity contribution in [2.75, 3.05) is 37.7 Å². The van der Waals surface area contributed by atoms with E-state index in [0.717, 1.165) is 5.69 Å². The average molecular weight is 492 g/mol. The number of non-ortho nitro benzene ring substituents is 1. The Morgan fingerprint density at radius 1 is 0.972 bits per heavy atom. The van der Waals surface area contributed by atoms with Gasteiger partial charge in [-0.1, -0.05) is 30.3 Å². The maximum atomic E-state index is 12.9. The molecule has 1 unspecified atom stereocenters. The Labute approximate surface area is 206 Å². The SMILES string of the molecule is O=C(NC(C(=O)OCC(=O)N1CCN(c2ccc([N+](=O)[O-])cc2)CC1)c1ccccc1)c1ccco1. The number of carbonyl (C=O) groups excluding carboxylic acids is 3. The van der Waals surface area contributed by atoms with Gasteiger partial charge >= 0.3 is 5.97 Å². The summed E-state index contributed by atoms with van der Waals surface area (Å²) in [7, 11) is 0. The minimum absolute atomic E-state index is 0.0172. The summed E-state index contributed by atoms with van der Waals surface area (Å²) < 4.78 is 10.4. The number of esters is 1. The van der Waals surface area contributed by atoms with Gasteiger partial charge in [0.15, 0.2) is 18.4 Å². The van der Waals surface area contributed by atoms with Gasteiger partial charge in [-0.05, 0) is 29.8 Å². The van der Waals surface area contributed by atoms with Crippen LogP contribution in [-0.2, 0) is 14.3 Å². The van der Waals surface area contributed by atoms with Crippen LogP contribution >= 0.6 is 0 Å².